The third-order valence-corrected chi connectivity index (χ3v) is 13.5. The van der Waals surface area contributed by atoms with Crippen LogP contribution in [0, 0.1) is 0 Å². The molecule has 1 heterocycles. The maximum absolute atomic E-state index is 13.0. The number of ketones is 1. The van der Waals surface area contributed by atoms with Crippen molar-refractivity contribution in [1.29, 1.82) is 0 Å². The van der Waals surface area contributed by atoms with Gasteiger partial charge in [0, 0.05) is 0 Å². The minimum absolute atomic E-state index is 0.0570. The first kappa shape index (κ1) is 23.9. The minimum Gasteiger partial charge on any atom is -0.405 e. The fourth-order valence-corrected chi connectivity index (χ4v) is 10.2. The van der Waals surface area contributed by atoms with E-state index in [-0.39, 0.29) is 24.0 Å². The molecule has 1 fully saturated rings. The molecule has 0 unspecified atom stereocenters. The van der Waals surface area contributed by atoms with E-state index in [4.69, 9.17) is 4.43 Å². The zero-order valence-corrected chi connectivity index (χ0v) is 21.1. The second-order valence-electron chi connectivity index (χ2n) is 10.1. The highest BCUT2D eigenvalue weighted by Gasteiger charge is 2.54. The molecule has 0 amide bonds. The average molecular weight is 460 g/mol. The Labute approximate surface area is 187 Å². The van der Waals surface area contributed by atoms with Gasteiger partial charge in [0.15, 0.2) is 5.78 Å². The van der Waals surface area contributed by atoms with Gasteiger partial charge in [-0.25, -0.2) is 8.42 Å². The maximum Gasteiger partial charge on any atom is 0.261 e. The van der Waals surface area contributed by atoms with Gasteiger partial charge in [0.05, 0.1) is 17.9 Å². The largest absolute Gasteiger partial charge is 0.405 e. The van der Waals surface area contributed by atoms with Crippen LogP contribution in [0.1, 0.15) is 41.5 Å². The molecule has 0 bridgehead atoms. The molecule has 31 heavy (non-hydrogen) atoms. The molecule has 2 aromatic carbocycles. The molecule has 3 rings (SSSR count). The standard InChI is InChI=1S/C24H33NO4SSi/c1-23(2,3)30(27,28)25-17-22(26)21(25)18-29-31(24(4,5)6,19-13-9-7-10-14-19)20-15-11-8-12-16-20/h7-16,21H,17-18H2,1-6H3/t21-/m1/s1. The van der Waals surface area contributed by atoms with Crippen molar-refractivity contribution in [3.05, 3.63) is 60.7 Å². The van der Waals surface area contributed by atoms with Crippen LogP contribution in [0.15, 0.2) is 60.7 Å². The van der Waals surface area contributed by atoms with Gasteiger partial charge >= 0.3 is 0 Å². The van der Waals surface area contributed by atoms with Crippen molar-refractivity contribution >= 4 is 34.5 Å². The summed E-state index contributed by atoms with van der Waals surface area (Å²) in [6.07, 6.45) is 0. The van der Waals surface area contributed by atoms with Crippen molar-refractivity contribution in [3.63, 3.8) is 0 Å². The van der Waals surface area contributed by atoms with E-state index in [1.54, 1.807) is 20.8 Å². The lowest BCUT2D eigenvalue weighted by atomic mass is 10.1. The number of benzene rings is 2. The van der Waals surface area contributed by atoms with Crippen molar-refractivity contribution in [3.8, 4) is 0 Å². The molecule has 7 heteroatoms. The van der Waals surface area contributed by atoms with Gasteiger partial charge in [-0.05, 0) is 36.2 Å². The smallest absolute Gasteiger partial charge is 0.261 e. The summed E-state index contributed by atoms with van der Waals surface area (Å²) in [7, 11) is -6.44. The summed E-state index contributed by atoms with van der Waals surface area (Å²) in [6, 6.07) is 19.5. The van der Waals surface area contributed by atoms with E-state index < -0.39 is 29.1 Å². The van der Waals surface area contributed by atoms with Crippen LogP contribution in [0.4, 0.5) is 0 Å². The van der Waals surface area contributed by atoms with Gasteiger partial charge in [-0.1, -0.05) is 81.4 Å². The normalized spacial score (nSPS) is 18.6. The number of carbonyl (C=O) groups excluding carboxylic acids is 1. The second kappa shape index (κ2) is 8.28. The van der Waals surface area contributed by atoms with Crippen molar-refractivity contribution in [1.82, 2.24) is 4.31 Å². The number of Topliss-reactive ketones (excluding diaryl/α,β-unsaturated/α-hetero) is 1. The lowest BCUT2D eigenvalue weighted by molar-refractivity contribution is -0.132. The van der Waals surface area contributed by atoms with Crippen molar-refractivity contribution in [2.45, 2.75) is 57.4 Å². The number of rotatable bonds is 6. The highest BCUT2D eigenvalue weighted by molar-refractivity contribution is 7.90. The number of sulfonamides is 1. The number of hydrogen-bond donors (Lipinski definition) is 0. The van der Waals surface area contributed by atoms with Crippen molar-refractivity contribution in [2.24, 2.45) is 0 Å². The number of carbonyl (C=O) groups is 1. The SMILES string of the molecule is CC(C)(C)[Si](OC[C@@H]1C(=O)CN1S(=O)(=O)C(C)(C)C)(c1ccccc1)c1ccccc1. The Morgan fingerprint density at radius 3 is 1.71 bits per heavy atom. The summed E-state index contributed by atoms with van der Waals surface area (Å²) < 4.78 is 33.1. The van der Waals surface area contributed by atoms with Gasteiger partial charge in [-0.2, -0.15) is 4.31 Å². The highest BCUT2D eigenvalue weighted by Crippen LogP contribution is 2.38. The fourth-order valence-electron chi connectivity index (χ4n) is 4.16. The van der Waals surface area contributed by atoms with Gasteiger partial charge < -0.3 is 4.43 Å². The molecule has 2 aromatic rings. The number of nitrogens with zero attached hydrogens (tertiary/aromatic N) is 1. The van der Waals surface area contributed by atoms with Gasteiger partial charge in [0.1, 0.15) is 6.04 Å². The monoisotopic (exact) mass is 459 g/mol. The molecular weight excluding hydrogens is 426 g/mol. The fraction of sp³-hybridized carbons (Fsp3) is 0.458. The molecule has 0 N–H and O–H groups in total. The molecule has 0 saturated carbocycles. The quantitative estimate of drug-likeness (QED) is 0.623. The van der Waals surface area contributed by atoms with Crippen LogP contribution in [-0.2, 0) is 19.2 Å². The third kappa shape index (κ3) is 4.16. The zero-order chi connectivity index (χ0) is 23.1. The van der Waals surface area contributed by atoms with E-state index >= 15 is 0 Å². The lowest BCUT2D eigenvalue weighted by Gasteiger charge is -2.46. The van der Waals surface area contributed by atoms with Crippen LogP contribution in [0.2, 0.25) is 5.04 Å². The molecule has 0 aromatic heterocycles. The molecule has 0 aliphatic carbocycles. The molecular formula is C24H33NO4SSi. The van der Waals surface area contributed by atoms with E-state index in [9.17, 15) is 13.2 Å². The first-order valence-corrected chi connectivity index (χ1v) is 14.0. The van der Waals surface area contributed by atoms with E-state index in [0.717, 1.165) is 10.4 Å². The molecule has 0 spiro atoms. The highest BCUT2D eigenvalue weighted by atomic mass is 32.2. The Morgan fingerprint density at radius 1 is 0.903 bits per heavy atom. The Hall–Kier alpha value is -1.80. The summed E-state index contributed by atoms with van der Waals surface area (Å²) in [4.78, 5) is 12.5. The van der Waals surface area contributed by atoms with Gasteiger partial charge in [-0.3, -0.25) is 4.79 Å². The van der Waals surface area contributed by atoms with Crippen LogP contribution in [0.3, 0.4) is 0 Å². The second-order valence-corrected chi connectivity index (χ2v) is 17.1. The summed E-state index contributed by atoms with van der Waals surface area (Å²) in [5.74, 6) is -0.0919. The van der Waals surface area contributed by atoms with E-state index in [1.807, 2.05) is 36.4 Å². The molecule has 0 radical (unpaired) electrons. The predicted molar refractivity (Wildman–Crippen MR) is 128 cm³/mol. The summed E-state index contributed by atoms with van der Waals surface area (Å²) in [6.45, 7) is 11.4. The van der Waals surface area contributed by atoms with Gasteiger partial charge in [0.2, 0.25) is 10.0 Å². The first-order valence-electron chi connectivity index (χ1n) is 10.6. The van der Waals surface area contributed by atoms with Gasteiger partial charge in [0.25, 0.3) is 8.32 Å². The summed E-state index contributed by atoms with van der Waals surface area (Å²) in [5.41, 5.74) is 0. The zero-order valence-electron chi connectivity index (χ0n) is 19.3. The molecule has 1 atom stereocenters. The molecule has 1 aliphatic rings. The third-order valence-electron chi connectivity index (χ3n) is 5.99. The average Bonchev–Trinajstić information content (AvgIpc) is 2.68. The van der Waals surface area contributed by atoms with Crippen LogP contribution in [-0.4, -0.2) is 50.8 Å². The van der Waals surface area contributed by atoms with E-state index in [1.165, 1.54) is 4.31 Å². The molecule has 1 saturated heterocycles. The summed E-state index contributed by atoms with van der Waals surface area (Å²) in [5, 5.41) is 1.97. The molecule has 5 nitrogen and oxygen atoms in total. The molecule has 1 aliphatic heterocycles. The lowest BCUT2D eigenvalue weighted by Crippen LogP contribution is -2.70. The minimum atomic E-state index is -3.61. The van der Waals surface area contributed by atoms with Crippen LogP contribution in [0.5, 0.6) is 0 Å². The topological polar surface area (TPSA) is 63.7 Å². The summed E-state index contributed by atoms with van der Waals surface area (Å²) >= 11 is 0. The van der Waals surface area contributed by atoms with E-state index in [2.05, 4.69) is 45.0 Å². The van der Waals surface area contributed by atoms with Crippen LogP contribution < -0.4 is 10.4 Å². The molecule has 168 valence electrons. The van der Waals surface area contributed by atoms with E-state index in [0.29, 0.717) is 0 Å². The Morgan fingerprint density at radius 2 is 1.35 bits per heavy atom. The maximum atomic E-state index is 13.0. The van der Waals surface area contributed by atoms with Crippen molar-refractivity contribution in [2.75, 3.05) is 13.2 Å². The van der Waals surface area contributed by atoms with Gasteiger partial charge in [-0.15, -0.1) is 0 Å². The Kier molecular flexibility index (Phi) is 6.37. The Bertz CT molecular complexity index is 985. The van der Waals surface area contributed by atoms with Crippen molar-refractivity contribution < 1.29 is 17.6 Å². The first-order chi connectivity index (χ1) is 14.3. The predicted octanol–water partition coefficient (Wildman–Crippen LogP) is 2.94. The number of hydrogen-bond acceptors (Lipinski definition) is 4. The Balaban J connectivity index is 2.04. The van der Waals surface area contributed by atoms with Crippen LogP contribution in [0.25, 0.3) is 0 Å². The van der Waals surface area contributed by atoms with Crippen LogP contribution >= 0.6 is 0 Å².